The first-order chi connectivity index (χ1) is 15.4. The summed E-state index contributed by atoms with van der Waals surface area (Å²) in [6.45, 7) is 7.26. The van der Waals surface area contributed by atoms with Crippen molar-refractivity contribution in [1.82, 2.24) is 4.90 Å². The summed E-state index contributed by atoms with van der Waals surface area (Å²) >= 11 is 0. The van der Waals surface area contributed by atoms with E-state index in [1.54, 1.807) is 18.7 Å². The molecule has 0 radical (unpaired) electrons. The first-order valence-corrected chi connectivity index (χ1v) is 10.00. The highest BCUT2D eigenvalue weighted by molar-refractivity contribution is 6.02. The molecule has 0 aliphatic rings. The average molecular weight is 469 g/mol. The first-order valence-electron chi connectivity index (χ1n) is 10.00. The van der Waals surface area contributed by atoms with E-state index in [1.807, 2.05) is 0 Å². The minimum Gasteiger partial charge on any atom is -0.506 e. The highest BCUT2D eigenvalue weighted by atomic mass is 17.2. The molecule has 33 heavy (non-hydrogen) atoms. The minimum absolute atomic E-state index is 0.170. The third-order valence-electron chi connectivity index (χ3n) is 4.71. The van der Waals surface area contributed by atoms with Crippen molar-refractivity contribution in [3.63, 3.8) is 0 Å². The van der Waals surface area contributed by atoms with Gasteiger partial charge in [0.05, 0.1) is 18.4 Å². The van der Waals surface area contributed by atoms with Crippen LogP contribution in [0.15, 0.2) is 18.2 Å². The molecular weight excluding hydrogens is 442 g/mol. The lowest BCUT2D eigenvalue weighted by Crippen LogP contribution is -2.48. The van der Waals surface area contributed by atoms with E-state index in [2.05, 4.69) is 9.78 Å². The maximum atomic E-state index is 12.4. The number of esters is 1. The molecule has 0 fully saturated rings. The number of para-hydroxylation sites is 1. The Labute approximate surface area is 189 Å². The Bertz CT molecular complexity index is 909. The number of benzene rings is 1. The number of rotatable bonds is 11. The van der Waals surface area contributed by atoms with E-state index in [4.69, 9.17) is 9.84 Å². The van der Waals surface area contributed by atoms with Crippen LogP contribution in [0.5, 0.6) is 5.75 Å². The van der Waals surface area contributed by atoms with Gasteiger partial charge in [-0.05, 0) is 39.1 Å². The normalized spacial score (nSPS) is 13.5. The number of phenols is 1. The molecule has 0 heterocycles. The van der Waals surface area contributed by atoms with E-state index in [-0.39, 0.29) is 5.56 Å². The fraction of sp³-hybridized carbons (Fsp3) is 0.476. The molecule has 12 nitrogen and oxygen atoms in total. The van der Waals surface area contributed by atoms with Crippen LogP contribution in [0.25, 0.3) is 0 Å². The van der Waals surface area contributed by atoms with Crippen LogP contribution in [0.2, 0.25) is 0 Å². The number of aliphatic hydroxyl groups is 1. The van der Waals surface area contributed by atoms with Crippen molar-refractivity contribution < 1.29 is 53.8 Å². The summed E-state index contributed by atoms with van der Waals surface area (Å²) in [5.41, 5.74) is -3.45. The number of ether oxygens (including phenoxy) is 1. The molecule has 3 N–H and O–H groups in total. The number of hydrogen-bond donors (Lipinski definition) is 3. The molecule has 0 amide bonds. The van der Waals surface area contributed by atoms with Crippen LogP contribution in [0.4, 0.5) is 0 Å². The largest absolute Gasteiger partial charge is 0.506 e. The van der Waals surface area contributed by atoms with E-state index in [9.17, 15) is 34.2 Å². The predicted molar refractivity (Wildman–Crippen MR) is 110 cm³/mol. The Morgan fingerprint density at radius 2 is 1.61 bits per heavy atom. The third kappa shape index (κ3) is 7.54. The van der Waals surface area contributed by atoms with Crippen molar-refractivity contribution >= 4 is 29.7 Å². The van der Waals surface area contributed by atoms with Gasteiger partial charge >= 0.3 is 23.9 Å². The van der Waals surface area contributed by atoms with Crippen molar-refractivity contribution in [2.45, 2.75) is 52.4 Å². The SMILES string of the molecule is CCN(CC)C(C)OC(=O)C(O)(CC(=O)O)CC(=O)OOC(=O)c1cccc(C(C)=O)c1O. The van der Waals surface area contributed by atoms with E-state index in [1.165, 1.54) is 19.1 Å². The fourth-order valence-corrected chi connectivity index (χ4v) is 2.92. The predicted octanol–water partition coefficient (Wildman–Crippen LogP) is 1.04. The standard InChI is InChI=1S/C21H27NO11/c1-5-22(6-2)13(4)31-20(29)21(30,10-16(24)25)11-17(26)32-33-19(28)15-9-7-8-14(12(3)23)18(15)27/h7-9,13,27,30H,5-6,10-11H2,1-4H3,(H,24,25). The summed E-state index contributed by atoms with van der Waals surface area (Å²) < 4.78 is 5.10. The lowest BCUT2D eigenvalue weighted by atomic mass is 9.96. The van der Waals surface area contributed by atoms with Crippen LogP contribution < -0.4 is 0 Å². The zero-order valence-corrected chi connectivity index (χ0v) is 18.7. The average Bonchev–Trinajstić information content (AvgIpc) is 2.72. The van der Waals surface area contributed by atoms with Gasteiger partial charge in [-0.3, -0.25) is 14.5 Å². The van der Waals surface area contributed by atoms with Crippen LogP contribution in [-0.4, -0.2) is 74.8 Å². The van der Waals surface area contributed by atoms with Gasteiger partial charge in [0, 0.05) is 0 Å². The summed E-state index contributed by atoms with van der Waals surface area (Å²) in [5, 5.41) is 29.6. The fourth-order valence-electron chi connectivity index (χ4n) is 2.92. The summed E-state index contributed by atoms with van der Waals surface area (Å²) in [4.78, 5) is 69.5. The maximum Gasteiger partial charge on any atom is 0.390 e. The highest BCUT2D eigenvalue weighted by Crippen LogP contribution is 2.24. The second-order valence-corrected chi connectivity index (χ2v) is 7.09. The van der Waals surface area contributed by atoms with Crippen molar-refractivity contribution in [3.05, 3.63) is 29.3 Å². The molecule has 0 saturated carbocycles. The van der Waals surface area contributed by atoms with Gasteiger partial charge in [-0.2, -0.15) is 0 Å². The van der Waals surface area contributed by atoms with Crippen molar-refractivity contribution in [2.75, 3.05) is 13.1 Å². The lowest BCUT2D eigenvalue weighted by molar-refractivity contribution is -0.239. The van der Waals surface area contributed by atoms with Crippen LogP contribution in [0, 0.1) is 0 Å². The van der Waals surface area contributed by atoms with Crippen LogP contribution in [0.3, 0.4) is 0 Å². The van der Waals surface area contributed by atoms with Crippen molar-refractivity contribution in [1.29, 1.82) is 0 Å². The molecule has 0 aromatic heterocycles. The molecule has 0 spiro atoms. The first kappa shape index (κ1) is 27.5. The van der Waals surface area contributed by atoms with E-state index >= 15 is 0 Å². The number of Topliss-reactive ketones (excluding diaryl/α,β-unsaturated/α-hetero) is 1. The number of carbonyl (C=O) groups excluding carboxylic acids is 4. The number of carboxylic acid groups (broad SMARTS) is 1. The van der Waals surface area contributed by atoms with E-state index in [0.29, 0.717) is 13.1 Å². The maximum absolute atomic E-state index is 12.4. The van der Waals surface area contributed by atoms with E-state index < -0.39 is 65.6 Å². The lowest BCUT2D eigenvalue weighted by Gasteiger charge is -2.30. The van der Waals surface area contributed by atoms with Crippen molar-refractivity contribution in [3.8, 4) is 5.75 Å². The molecule has 0 aliphatic carbocycles. The van der Waals surface area contributed by atoms with Crippen molar-refractivity contribution in [2.24, 2.45) is 0 Å². The quantitative estimate of drug-likeness (QED) is 0.138. The van der Waals surface area contributed by atoms with Gasteiger partial charge in [-0.25, -0.2) is 24.2 Å². The summed E-state index contributed by atoms with van der Waals surface area (Å²) in [6, 6.07) is 3.65. The Kier molecular flexibility index (Phi) is 9.95. The summed E-state index contributed by atoms with van der Waals surface area (Å²) in [7, 11) is 0. The summed E-state index contributed by atoms with van der Waals surface area (Å²) in [5.74, 6) is -7.00. The molecule has 1 aromatic carbocycles. The Morgan fingerprint density at radius 3 is 2.12 bits per heavy atom. The Balaban J connectivity index is 2.90. The Hall–Kier alpha value is -3.51. The zero-order valence-electron chi connectivity index (χ0n) is 18.7. The molecule has 0 aliphatic heterocycles. The van der Waals surface area contributed by atoms with Gasteiger partial charge in [0.25, 0.3) is 0 Å². The van der Waals surface area contributed by atoms with Gasteiger partial charge < -0.3 is 20.1 Å². The smallest absolute Gasteiger partial charge is 0.390 e. The second-order valence-electron chi connectivity index (χ2n) is 7.09. The monoisotopic (exact) mass is 469 g/mol. The number of carboxylic acids is 1. The molecule has 1 aromatic rings. The zero-order chi connectivity index (χ0) is 25.3. The molecule has 182 valence electrons. The summed E-state index contributed by atoms with van der Waals surface area (Å²) in [6.07, 6.45) is -3.20. The number of nitrogens with zero attached hydrogens (tertiary/aromatic N) is 1. The topological polar surface area (TPSA) is 177 Å². The molecule has 1 rings (SSSR count). The third-order valence-corrected chi connectivity index (χ3v) is 4.71. The number of ketones is 1. The van der Waals surface area contributed by atoms with E-state index in [0.717, 1.165) is 13.0 Å². The van der Waals surface area contributed by atoms with Gasteiger partial charge in [-0.1, -0.05) is 19.9 Å². The highest BCUT2D eigenvalue weighted by Gasteiger charge is 2.44. The van der Waals surface area contributed by atoms with Gasteiger partial charge in [0.2, 0.25) is 0 Å². The molecular formula is C21H27NO11. The number of carbonyl (C=O) groups is 5. The van der Waals surface area contributed by atoms with Gasteiger partial charge in [-0.15, -0.1) is 0 Å². The number of aliphatic carboxylic acids is 1. The molecule has 2 atom stereocenters. The van der Waals surface area contributed by atoms with Crippen LogP contribution in [-0.2, 0) is 28.9 Å². The van der Waals surface area contributed by atoms with Crippen LogP contribution >= 0.6 is 0 Å². The molecule has 0 bridgehead atoms. The van der Waals surface area contributed by atoms with Gasteiger partial charge in [0.1, 0.15) is 11.3 Å². The minimum atomic E-state index is -2.80. The van der Waals surface area contributed by atoms with Crippen LogP contribution in [0.1, 0.15) is 61.3 Å². The Morgan fingerprint density at radius 1 is 1.03 bits per heavy atom. The second kappa shape index (κ2) is 11.9. The number of aromatic hydroxyl groups is 1. The molecule has 2 unspecified atom stereocenters. The molecule has 12 heteroatoms. The number of phenolic OH excluding ortho intramolecular Hbond substituents is 1. The molecule has 0 saturated heterocycles. The number of hydrogen-bond acceptors (Lipinski definition) is 11. The van der Waals surface area contributed by atoms with Gasteiger partial charge in [0.15, 0.2) is 17.6 Å².